The van der Waals surface area contributed by atoms with Crippen LogP contribution in [0.1, 0.15) is 12.5 Å². The molecular formula is C27H19N4O2Pt-. The molecule has 0 spiro atoms. The molecule has 0 aliphatic carbocycles. The molecule has 0 amide bonds. The first kappa shape index (κ1) is 22.1. The van der Waals surface area contributed by atoms with Crippen LogP contribution in [0.15, 0.2) is 79.1 Å². The standard InChI is InChI=1S/C27H19N4O2.Pt/c1-2-17-11-13-29-25(15-17)31-22-6-4-3-5-19(22)20-8-7-18(16-23(20)31)33-26-10-9-21-27(30-26)24(32)12-14-28-21;/h3-15H,2H2,1H3,(H,28,32);/q-1;. The van der Waals surface area contributed by atoms with Gasteiger partial charge in [-0.15, -0.1) is 17.5 Å². The third kappa shape index (κ3) is 3.70. The van der Waals surface area contributed by atoms with Gasteiger partial charge in [0, 0.05) is 56.9 Å². The van der Waals surface area contributed by atoms with Crippen molar-refractivity contribution in [1.82, 2.24) is 19.5 Å². The van der Waals surface area contributed by atoms with Crippen LogP contribution in [0, 0.1) is 6.07 Å². The molecule has 0 bridgehead atoms. The van der Waals surface area contributed by atoms with Gasteiger partial charge in [-0.05, 0) is 41.6 Å². The molecule has 2 aromatic carbocycles. The normalized spacial score (nSPS) is 11.1. The van der Waals surface area contributed by atoms with E-state index in [9.17, 15) is 5.11 Å². The summed E-state index contributed by atoms with van der Waals surface area (Å²) in [6.45, 7) is 2.13. The Morgan fingerprint density at radius 3 is 2.68 bits per heavy atom. The Morgan fingerprint density at radius 1 is 0.941 bits per heavy atom. The third-order valence-corrected chi connectivity index (χ3v) is 5.76. The van der Waals surface area contributed by atoms with E-state index < -0.39 is 0 Å². The van der Waals surface area contributed by atoms with Crippen molar-refractivity contribution in [3.05, 3.63) is 90.8 Å². The van der Waals surface area contributed by atoms with Crippen LogP contribution in [0.25, 0.3) is 38.7 Å². The number of fused-ring (bicyclic) bond motifs is 4. The molecule has 0 saturated carbocycles. The molecule has 34 heavy (non-hydrogen) atoms. The Morgan fingerprint density at radius 2 is 1.79 bits per heavy atom. The Bertz CT molecular complexity index is 1660. The molecule has 0 radical (unpaired) electrons. The molecule has 4 aromatic heterocycles. The zero-order chi connectivity index (χ0) is 22.4. The maximum absolute atomic E-state index is 10.1. The maximum atomic E-state index is 10.1. The second-order valence-corrected chi connectivity index (χ2v) is 7.76. The topological polar surface area (TPSA) is 73.1 Å². The van der Waals surface area contributed by atoms with Gasteiger partial charge in [0.1, 0.15) is 17.1 Å². The summed E-state index contributed by atoms with van der Waals surface area (Å²) in [4.78, 5) is 13.3. The van der Waals surface area contributed by atoms with Crippen molar-refractivity contribution >= 4 is 32.8 Å². The van der Waals surface area contributed by atoms with Crippen molar-refractivity contribution in [3.8, 4) is 23.2 Å². The predicted molar refractivity (Wildman–Crippen MR) is 128 cm³/mol. The molecule has 7 heteroatoms. The number of rotatable bonds is 4. The molecule has 0 aliphatic heterocycles. The number of aromatic nitrogens is 4. The number of benzene rings is 2. The van der Waals surface area contributed by atoms with Gasteiger partial charge in [0.05, 0.1) is 5.52 Å². The Kier molecular flexibility index (Phi) is 5.76. The fourth-order valence-electron chi connectivity index (χ4n) is 4.14. The minimum Gasteiger partial charge on any atom is -0.506 e. The summed E-state index contributed by atoms with van der Waals surface area (Å²) in [7, 11) is 0. The van der Waals surface area contributed by atoms with E-state index in [1.54, 1.807) is 18.3 Å². The van der Waals surface area contributed by atoms with Gasteiger partial charge in [0.2, 0.25) is 5.88 Å². The SMILES string of the molecule is CCc1ccnc(-n2c3[c-]c(Oc4ccc5nccc(O)c5n4)ccc3c3ccccc32)c1.[Pt]. The zero-order valence-corrected chi connectivity index (χ0v) is 20.4. The Labute approximate surface area is 210 Å². The van der Waals surface area contributed by atoms with E-state index in [-0.39, 0.29) is 26.8 Å². The quantitative estimate of drug-likeness (QED) is 0.244. The minimum absolute atomic E-state index is 0. The number of ether oxygens (including phenoxy) is 1. The zero-order valence-electron chi connectivity index (χ0n) is 18.2. The molecule has 0 fully saturated rings. The van der Waals surface area contributed by atoms with Crippen molar-refractivity contribution in [2.24, 2.45) is 0 Å². The summed E-state index contributed by atoms with van der Waals surface area (Å²) in [5, 5.41) is 12.3. The van der Waals surface area contributed by atoms with Gasteiger partial charge < -0.3 is 14.4 Å². The molecule has 0 atom stereocenters. The summed E-state index contributed by atoms with van der Waals surface area (Å²) in [5.41, 5.74) is 4.14. The molecule has 1 N–H and O–H groups in total. The fraction of sp³-hybridized carbons (Fsp3) is 0.0741. The van der Waals surface area contributed by atoms with Gasteiger partial charge >= 0.3 is 0 Å². The Balaban J connectivity index is 0.00000241. The van der Waals surface area contributed by atoms with Gasteiger partial charge in [-0.25, -0.2) is 9.97 Å². The first-order valence-electron chi connectivity index (χ1n) is 10.7. The number of hydrogen-bond acceptors (Lipinski definition) is 5. The van der Waals surface area contributed by atoms with E-state index in [1.807, 2.05) is 36.5 Å². The second-order valence-electron chi connectivity index (χ2n) is 7.76. The third-order valence-electron chi connectivity index (χ3n) is 5.76. The summed E-state index contributed by atoms with van der Waals surface area (Å²) in [6.07, 6.45) is 4.32. The van der Waals surface area contributed by atoms with E-state index in [1.165, 1.54) is 11.6 Å². The van der Waals surface area contributed by atoms with E-state index in [2.05, 4.69) is 50.7 Å². The van der Waals surface area contributed by atoms with E-state index in [4.69, 9.17) is 4.74 Å². The number of para-hydroxylation sites is 1. The van der Waals surface area contributed by atoms with Crippen molar-refractivity contribution in [2.75, 3.05) is 0 Å². The minimum atomic E-state index is 0. The average Bonchev–Trinajstić information content (AvgIpc) is 3.18. The molecular weight excluding hydrogens is 607 g/mol. The van der Waals surface area contributed by atoms with Crippen molar-refractivity contribution in [1.29, 1.82) is 0 Å². The summed E-state index contributed by atoms with van der Waals surface area (Å²) < 4.78 is 8.15. The van der Waals surface area contributed by atoms with Crippen LogP contribution >= 0.6 is 0 Å². The van der Waals surface area contributed by atoms with Crippen LogP contribution in [-0.2, 0) is 27.5 Å². The monoisotopic (exact) mass is 626 g/mol. The van der Waals surface area contributed by atoms with Gasteiger partial charge in [0.15, 0.2) is 0 Å². The van der Waals surface area contributed by atoms with E-state index >= 15 is 0 Å². The second kappa shape index (κ2) is 8.88. The summed E-state index contributed by atoms with van der Waals surface area (Å²) in [6, 6.07) is 24.7. The van der Waals surface area contributed by atoms with Gasteiger partial charge in [-0.2, -0.15) is 6.07 Å². The van der Waals surface area contributed by atoms with Crippen LogP contribution in [-0.4, -0.2) is 24.6 Å². The van der Waals surface area contributed by atoms with Crippen LogP contribution in [0.5, 0.6) is 17.4 Å². The molecule has 6 nitrogen and oxygen atoms in total. The molecule has 170 valence electrons. The maximum Gasteiger partial charge on any atom is 0.217 e. The molecule has 6 aromatic rings. The molecule has 0 aliphatic rings. The number of hydrogen-bond donors (Lipinski definition) is 1. The smallest absolute Gasteiger partial charge is 0.217 e. The number of nitrogens with zero attached hydrogens (tertiary/aromatic N) is 4. The van der Waals surface area contributed by atoms with Crippen molar-refractivity contribution in [2.45, 2.75) is 13.3 Å². The van der Waals surface area contributed by atoms with Gasteiger partial charge in [0.25, 0.3) is 0 Å². The molecule has 6 rings (SSSR count). The fourth-order valence-corrected chi connectivity index (χ4v) is 4.14. The van der Waals surface area contributed by atoms with Gasteiger partial charge in [-0.3, -0.25) is 4.98 Å². The molecule has 0 saturated heterocycles. The van der Waals surface area contributed by atoms with E-state index in [0.29, 0.717) is 22.7 Å². The van der Waals surface area contributed by atoms with Crippen molar-refractivity contribution < 1.29 is 30.9 Å². The van der Waals surface area contributed by atoms with Crippen LogP contribution < -0.4 is 4.74 Å². The van der Waals surface area contributed by atoms with Crippen LogP contribution in [0.4, 0.5) is 0 Å². The Hall–Kier alpha value is -3.76. The van der Waals surface area contributed by atoms with E-state index in [0.717, 1.165) is 34.0 Å². The largest absolute Gasteiger partial charge is 0.506 e. The number of pyridine rings is 3. The molecule has 4 heterocycles. The number of aryl methyl sites for hydroxylation is 1. The first-order valence-corrected chi connectivity index (χ1v) is 10.7. The number of aromatic hydroxyl groups is 1. The van der Waals surface area contributed by atoms with Crippen LogP contribution in [0.2, 0.25) is 0 Å². The molecule has 0 unspecified atom stereocenters. The summed E-state index contributed by atoms with van der Waals surface area (Å²) >= 11 is 0. The van der Waals surface area contributed by atoms with Crippen LogP contribution in [0.3, 0.4) is 0 Å². The van der Waals surface area contributed by atoms with Gasteiger partial charge in [-0.1, -0.05) is 30.6 Å². The first-order chi connectivity index (χ1) is 16.2. The summed E-state index contributed by atoms with van der Waals surface area (Å²) in [5.74, 6) is 1.78. The van der Waals surface area contributed by atoms with Crippen molar-refractivity contribution in [3.63, 3.8) is 0 Å². The predicted octanol–water partition coefficient (Wildman–Crippen LogP) is 5.98. The average molecular weight is 627 g/mol.